The number of pyridine rings is 1. The normalized spacial score (nSPS) is 10.7. The van der Waals surface area contributed by atoms with Crippen molar-refractivity contribution in [3.05, 3.63) is 60.7 Å². The van der Waals surface area contributed by atoms with Crippen molar-refractivity contribution < 1.29 is 9.21 Å². The monoisotopic (exact) mass is 295 g/mol. The molecule has 0 saturated carbocycles. The number of rotatable bonds is 6. The Bertz CT molecular complexity index is 748. The summed E-state index contributed by atoms with van der Waals surface area (Å²) >= 11 is 0. The first-order valence-electron chi connectivity index (χ1n) is 7.19. The number of nitrogens with one attached hydrogen (secondary N) is 2. The molecular weight excluding hydrogens is 278 g/mol. The summed E-state index contributed by atoms with van der Waals surface area (Å²) < 4.78 is 5.21. The minimum Gasteiger partial charge on any atom is -0.468 e. The van der Waals surface area contributed by atoms with E-state index in [2.05, 4.69) is 15.6 Å². The smallest absolute Gasteiger partial charge is 0.225 e. The second kappa shape index (κ2) is 6.87. The first-order chi connectivity index (χ1) is 10.8. The largest absolute Gasteiger partial charge is 0.468 e. The molecule has 5 nitrogen and oxygen atoms in total. The SMILES string of the molecule is O=C(CCNCc1ccco1)Nc1cccc2cccnc12. The van der Waals surface area contributed by atoms with E-state index < -0.39 is 0 Å². The Hall–Kier alpha value is -2.66. The van der Waals surface area contributed by atoms with Crippen molar-refractivity contribution >= 4 is 22.5 Å². The molecular formula is C17H17N3O2. The van der Waals surface area contributed by atoms with E-state index in [1.54, 1.807) is 12.5 Å². The molecule has 112 valence electrons. The third kappa shape index (κ3) is 3.51. The summed E-state index contributed by atoms with van der Waals surface area (Å²) in [6.07, 6.45) is 3.75. The Labute approximate surface area is 128 Å². The van der Waals surface area contributed by atoms with E-state index >= 15 is 0 Å². The number of hydrogen-bond donors (Lipinski definition) is 2. The molecule has 0 aliphatic carbocycles. The summed E-state index contributed by atoms with van der Waals surface area (Å²) in [5, 5.41) is 7.10. The highest BCUT2D eigenvalue weighted by atomic mass is 16.3. The number of amides is 1. The maximum atomic E-state index is 12.0. The summed E-state index contributed by atoms with van der Waals surface area (Å²) in [7, 11) is 0. The van der Waals surface area contributed by atoms with Crippen LogP contribution >= 0.6 is 0 Å². The van der Waals surface area contributed by atoms with Gasteiger partial charge >= 0.3 is 0 Å². The van der Waals surface area contributed by atoms with Crippen molar-refractivity contribution in [3.63, 3.8) is 0 Å². The third-order valence-electron chi connectivity index (χ3n) is 3.31. The number of carbonyl (C=O) groups excluding carboxylic acids is 1. The molecule has 2 heterocycles. The van der Waals surface area contributed by atoms with Crippen LogP contribution in [0.25, 0.3) is 10.9 Å². The van der Waals surface area contributed by atoms with Crippen molar-refractivity contribution in [3.8, 4) is 0 Å². The standard InChI is InChI=1S/C17H17N3O2/c21-16(8-10-18-12-14-6-3-11-22-14)20-15-7-1-4-13-5-2-9-19-17(13)15/h1-7,9,11,18H,8,10,12H2,(H,20,21). The van der Waals surface area contributed by atoms with E-state index in [1.165, 1.54) is 0 Å². The molecule has 3 rings (SSSR count). The van der Waals surface area contributed by atoms with Gasteiger partial charge in [-0.25, -0.2) is 0 Å². The molecule has 0 aliphatic heterocycles. The highest BCUT2D eigenvalue weighted by Crippen LogP contribution is 2.20. The molecule has 1 aromatic carbocycles. The van der Waals surface area contributed by atoms with Gasteiger partial charge in [0.25, 0.3) is 0 Å². The summed E-state index contributed by atoms with van der Waals surface area (Å²) in [4.78, 5) is 16.3. The molecule has 0 saturated heterocycles. The number of nitrogens with zero attached hydrogens (tertiary/aromatic N) is 1. The molecule has 2 N–H and O–H groups in total. The third-order valence-corrected chi connectivity index (χ3v) is 3.31. The van der Waals surface area contributed by atoms with E-state index in [0.29, 0.717) is 19.5 Å². The lowest BCUT2D eigenvalue weighted by Gasteiger charge is -2.08. The molecule has 0 spiro atoms. The topological polar surface area (TPSA) is 67.2 Å². The summed E-state index contributed by atoms with van der Waals surface area (Å²) in [6.45, 7) is 1.21. The van der Waals surface area contributed by atoms with E-state index in [-0.39, 0.29) is 5.91 Å². The van der Waals surface area contributed by atoms with Crippen LogP contribution in [0.3, 0.4) is 0 Å². The van der Waals surface area contributed by atoms with Gasteiger partial charge in [-0.2, -0.15) is 0 Å². The van der Waals surface area contributed by atoms with E-state index in [1.807, 2.05) is 42.5 Å². The average molecular weight is 295 g/mol. The van der Waals surface area contributed by atoms with Crippen molar-refractivity contribution in [1.29, 1.82) is 0 Å². The van der Waals surface area contributed by atoms with Crippen molar-refractivity contribution in [2.75, 3.05) is 11.9 Å². The molecule has 0 bridgehead atoms. The van der Waals surface area contributed by atoms with Crippen molar-refractivity contribution in [2.24, 2.45) is 0 Å². The van der Waals surface area contributed by atoms with Crippen LogP contribution in [0.2, 0.25) is 0 Å². The number of benzene rings is 1. The lowest BCUT2D eigenvalue weighted by molar-refractivity contribution is -0.116. The zero-order chi connectivity index (χ0) is 15.2. The number of furan rings is 1. The van der Waals surface area contributed by atoms with Gasteiger partial charge in [-0.3, -0.25) is 9.78 Å². The van der Waals surface area contributed by atoms with Gasteiger partial charge in [0.05, 0.1) is 24.0 Å². The Kier molecular flexibility index (Phi) is 4.46. The second-order valence-corrected chi connectivity index (χ2v) is 4.94. The molecule has 22 heavy (non-hydrogen) atoms. The molecule has 5 heteroatoms. The van der Waals surface area contributed by atoms with E-state index in [9.17, 15) is 4.79 Å². The van der Waals surface area contributed by atoms with Crippen LogP contribution in [0.4, 0.5) is 5.69 Å². The minimum atomic E-state index is -0.0369. The predicted octanol–water partition coefficient (Wildman–Crippen LogP) is 2.95. The number of para-hydroxylation sites is 1. The molecule has 0 unspecified atom stereocenters. The van der Waals surface area contributed by atoms with Crippen LogP contribution in [0.5, 0.6) is 0 Å². The maximum Gasteiger partial charge on any atom is 0.225 e. The Morgan fingerprint density at radius 2 is 2.05 bits per heavy atom. The van der Waals surface area contributed by atoms with E-state index in [4.69, 9.17) is 4.42 Å². The molecule has 0 aliphatic rings. The van der Waals surface area contributed by atoms with Gasteiger partial charge in [-0.1, -0.05) is 18.2 Å². The molecule has 2 aromatic heterocycles. The Morgan fingerprint density at radius 3 is 2.91 bits per heavy atom. The fraction of sp³-hybridized carbons (Fsp3) is 0.176. The highest BCUT2D eigenvalue weighted by Gasteiger charge is 2.06. The van der Waals surface area contributed by atoms with Gasteiger partial charge in [-0.05, 0) is 24.3 Å². The van der Waals surface area contributed by atoms with Crippen LogP contribution < -0.4 is 10.6 Å². The molecule has 0 atom stereocenters. The zero-order valence-corrected chi connectivity index (χ0v) is 12.1. The fourth-order valence-corrected chi connectivity index (χ4v) is 2.24. The number of anilines is 1. The van der Waals surface area contributed by atoms with Crippen molar-refractivity contribution in [2.45, 2.75) is 13.0 Å². The lowest BCUT2D eigenvalue weighted by atomic mass is 10.2. The van der Waals surface area contributed by atoms with Crippen LogP contribution in [0, 0.1) is 0 Å². The van der Waals surface area contributed by atoms with Crippen LogP contribution in [0.1, 0.15) is 12.2 Å². The van der Waals surface area contributed by atoms with E-state index in [0.717, 1.165) is 22.4 Å². The predicted molar refractivity (Wildman–Crippen MR) is 85.4 cm³/mol. The number of hydrogen-bond acceptors (Lipinski definition) is 4. The van der Waals surface area contributed by atoms with Gasteiger partial charge in [0.1, 0.15) is 5.76 Å². The fourth-order valence-electron chi connectivity index (χ4n) is 2.24. The summed E-state index contributed by atoms with van der Waals surface area (Å²) in [5.41, 5.74) is 1.55. The minimum absolute atomic E-state index is 0.0369. The Balaban J connectivity index is 1.52. The summed E-state index contributed by atoms with van der Waals surface area (Å²) in [6, 6.07) is 13.3. The number of fused-ring (bicyclic) bond motifs is 1. The first kappa shape index (κ1) is 14.3. The van der Waals surface area contributed by atoms with Gasteiger partial charge in [0.15, 0.2) is 0 Å². The maximum absolute atomic E-state index is 12.0. The highest BCUT2D eigenvalue weighted by molar-refractivity contribution is 6.00. The zero-order valence-electron chi connectivity index (χ0n) is 12.1. The number of carbonyl (C=O) groups is 1. The average Bonchev–Trinajstić information content (AvgIpc) is 3.05. The van der Waals surface area contributed by atoms with Gasteiger partial charge in [-0.15, -0.1) is 0 Å². The lowest BCUT2D eigenvalue weighted by Crippen LogP contribution is -2.21. The van der Waals surface area contributed by atoms with Gasteiger partial charge in [0, 0.05) is 24.5 Å². The molecule has 0 fully saturated rings. The first-order valence-corrected chi connectivity index (χ1v) is 7.19. The summed E-state index contributed by atoms with van der Waals surface area (Å²) in [5.74, 6) is 0.823. The number of aromatic nitrogens is 1. The second-order valence-electron chi connectivity index (χ2n) is 4.94. The molecule has 1 amide bonds. The van der Waals surface area contributed by atoms with Crippen LogP contribution in [0.15, 0.2) is 59.3 Å². The molecule has 0 radical (unpaired) electrons. The molecule has 3 aromatic rings. The van der Waals surface area contributed by atoms with Gasteiger partial charge < -0.3 is 15.1 Å². The van der Waals surface area contributed by atoms with Crippen LogP contribution in [-0.2, 0) is 11.3 Å². The quantitative estimate of drug-likeness (QED) is 0.686. The van der Waals surface area contributed by atoms with Gasteiger partial charge in [0.2, 0.25) is 5.91 Å². The van der Waals surface area contributed by atoms with Crippen molar-refractivity contribution in [1.82, 2.24) is 10.3 Å². The Morgan fingerprint density at radius 1 is 1.14 bits per heavy atom. The van der Waals surface area contributed by atoms with Crippen LogP contribution in [-0.4, -0.2) is 17.4 Å².